The molecule has 0 saturated carbocycles. The van der Waals surface area contributed by atoms with Crippen LogP contribution < -0.4 is 11.3 Å². The molecule has 1 aliphatic heterocycles. The lowest BCUT2D eigenvalue weighted by Crippen LogP contribution is -2.33. The zero-order chi connectivity index (χ0) is 12.5. The van der Waals surface area contributed by atoms with Crippen LogP contribution in [0.3, 0.4) is 0 Å². The van der Waals surface area contributed by atoms with Gasteiger partial charge < -0.3 is 5.43 Å². The molecule has 0 aliphatic carbocycles. The van der Waals surface area contributed by atoms with Crippen molar-refractivity contribution >= 4 is 15.8 Å². The molecule has 1 aliphatic rings. The number of sulfonamides is 1. The van der Waals surface area contributed by atoms with Crippen molar-refractivity contribution in [2.45, 2.75) is 30.7 Å². The van der Waals surface area contributed by atoms with Gasteiger partial charge in [-0.05, 0) is 25.8 Å². The van der Waals surface area contributed by atoms with Crippen LogP contribution in [0.1, 0.15) is 19.8 Å². The standard InChI is InChI=1S/C10H16N4O2S/c1-8-3-2-6-14(8)17(15,16)9-4-5-12-10(7-9)13-11/h4-5,7-8H,2-3,6,11H2,1H3,(H,12,13). The first-order chi connectivity index (χ1) is 8.05. The molecule has 94 valence electrons. The van der Waals surface area contributed by atoms with Gasteiger partial charge in [-0.2, -0.15) is 4.31 Å². The molecular weight excluding hydrogens is 240 g/mol. The maximum Gasteiger partial charge on any atom is 0.243 e. The highest BCUT2D eigenvalue weighted by atomic mass is 32.2. The third-order valence-corrected chi connectivity index (χ3v) is 4.99. The SMILES string of the molecule is CC1CCCN1S(=O)(=O)c1ccnc(NN)c1. The van der Waals surface area contributed by atoms with Gasteiger partial charge in [-0.25, -0.2) is 19.2 Å². The maximum atomic E-state index is 12.3. The van der Waals surface area contributed by atoms with E-state index in [2.05, 4.69) is 10.4 Å². The summed E-state index contributed by atoms with van der Waals surface area (Å²) in [4.78, 5) is 4.13. The number of hydrazine groups is 1. The Morgan fingerprint density at radius 2 is 2.35 bits per heavy atom. The summed E-state index contributed by atoms with van der Waals surface area (Å²) in [6.07, 6.45) is 3.25. The molecular formula is C10H16N4O2S. The summed E-state index contributed by atoms with van der Waals surface area (Å²) in [6, 6.07) is 2.99. The molecule has 1 atom stereocenters. The average Bonchev–Trinajstić information content (AvgIpc) is 2.76. The molecule has 1 saturated heterocycles. The van der Waals surface area contributed by atoms with Crippen LogP contribution in [0.5, 0.6) is 0 Å². The van der Waals surface area contributed by atoms with E-state index in [0.717, 1.165) is 12.8 Å². The fourth-order valence-corrected chi connectivity index (χ4v) is 3.76. The fraction of sp³-hybridized carbons (Fsp3) is 0.500. The number of pyridine rings is 1. The number of nitrogens with one attached hydrogen (secondary N) is 1. The number of anilines is 1. The zero-order valence-electron chi connectivity index (χ0n) is 9.63. The maximum absolute atomic E-state index is 12.3. The van der Waals surface area contributed by atoms with Gasteiger partial charge in [-0.15, -0.1) is 0 Å². The number of hydrogen-bond acceptors (Lipinski definition) is 5. The molecule has 1 aromatic heterocycles. The Hall–Kier alpha value is -1.18. The van der Waals surface area contributed by atoms with Crippen LogP contribution in [-0.4, -0.2) is 30.3 Å². The Bertz CT molecular complexity index is 503. The molecule has 2 rings (SSSR count). The van der Waals surface area contributed by atoms with Crippen LogP contribution in [0.15, 0.2) is 23.2 Å². The first-order valence-corrected chi connectivity index (χ1v) is 6.94. The van der Waals surface area contributed by atoms with E-state index >= 15 is 0 Å². The topological polar surface area (TPSA) is 88.3 Å². The third-order valence-electron chi connectivity index (χ3n) is 2.98. The molecule has 0 amide bonds. The van der Waals surface area contributed by atoms with Crippen molar-refractivity contribution in [1.29, 1.82) is 0 Å². The van der Waals surface area contributed by atoms with Gasteiger partial charge in [-0.1, -0.05) is 0 Å². The van der Waals surface area contributed by atoms with Crippen LogP contribution >= 0.6 is 0 Å². The van der Waals surface area contributed by atoms with Gasteiger partial charge in [0.05, 0.1) is 4.90 Å². The molecule has 3 N–H and O–H groups in total. The van der Waals surface area contributed by atoms with Gasteiger partial charge in [0.25, 0.3) is 0 Å². The largest absolute Gasteiger partial charge is 0.308 e. The first-order valence-electron chi connectivity index (χ1n) is 5.50. The van der Waals surface area contributed by atoms with Gasteiger partial charge in [0.1, 0.15) is 5.82 Å². The molecule has 0 spiro atoms. The summed E-state index contributed by atoms with van der Waals surface area (Å²) in [6.45, 7) is 2.51. The van der Waals surface area contributed by atoms with Crippen molar-refractivity contribution in [2.75, 3.05) is 12.0 Å². The normalized spacial score (nSPS) is 21.6. The quantitative estimate of drug-likeness (QED) is 0.608. The van der Waals surface area contributed by atoms with E-state index in [0.29, 0.717) is 12.4 Å². The summed E-state index contributed by atoms with van der Waals surface area (Å²) in [5.74, 6) is 5.57. The second-order valence-corrected chi connectivity index (χ2v) is 6.02. The minimum Gasteiger partial charge on any atom is -0.308 e. The smallest absolute Gasteiger partial charge is 0.243 e. The van der Waals surface area contributed by atoms with Crippen LogP contribution in [0.2, 0.25) is 0 Å². The molecule has 1 unspecified atom stereocenters. The number of nitrogens with two attached hydrogens (primary N) is 1. The van der Waals surface area contributed by atoms with Gasteiger partial charge in [0.2, 0.25) is 10.0 Å². The predicted molar refractivity (Wildman–Crippen MR) is 64.6 cm³/mol. The van der Waals surface area contributed by atoms with E-state index in [1.807, 2.05) is 6.92 Å². The Morgan fingerprint density at radius 1 is 1.59 bits per heavy atom. The van der Waals surface area contributed by atoms with Crippen molar-refractivity contribution in [2.24, 2.45) is 5.84 Å². The highest BCUT2D eigenvalue weighted by molar-refractivity contribution is 7.89. The second kappa shape index (κ2) is 4.59. The Balaban J connectivity index is 2.37. The van der Waals surface area contributed by atoms with Crippen LogP contribution in [0.25, 0.3) is 0 Å². The van der Waals surface area contributed by atoms with E-state index in [4.69, 9.17) is 5.84 Å². The van der Waals surface area contributed by atoms with Crippen LogP contribution in [0.4, 0.5) is 5.82 Å². The minimum atomic E-state index is -3.42. The highest BCUT2D eigenvalue weighted by Crippen LogP contribution is 2.26. The number of hydrogen-bond donors (Lipinski definition) is 2. The molecule has 1 aromatic rings. The van der Waals surface area contributed by atoms with Crippen LogP contribution in [-0.2, 0) is 10.0 Å². The number of nitrogens with zero attached hydrogens (tertiary/aromatic N) is 2. The summed E-state index contributed by atoms with van der Waals surface area (Å²) < 4.78 is 26.2. The zero-order valence-corrected chi connectivity index (χ0v) is 10.4. The Labute approximate surface area is 101 Å². The molecule has 2 heterocycles. The second-order valence-electron chi connectivity index (χ2n) is 4.13. The number of nitrogen functional groups attached to an aromatic ring is 1. The molecule has 0 aromatic carbocycles. The average molecular weight is 256 g/mol. The third kappa shape index (κ3) is 2.26. The molecule has 17 heavy (non-hydrogen) atoms. The van der Waals surface area contributed by atoms with Gasteiger partial charge >= 0.3 is 0 Å². The summed E-state index contributed by atoms with van der Waals surface area (Å²) in [5.41, 5.74) is 2.35. The summed E-state index contributed by atoms with van der Waals surface area (Å²) >= 11 is 0. The molecule has 6 nitrogen and oxygen atoms in total. The van der Waals surface area contributed by atoms with Crippen molar-refractivity contribution in [3.05, 3.63) is 18.3 Å². The van der Waals surface area contributed by atoms with Crippen molar-refractivity contribution in [3.63, 3.8) is 0 Å². The van der Waals surface area contributed by atoms with Gasteiger partial charge in [0.15, 0.2) is 0 Å². The van der Waals surface area contributed by atoms with E-state index in [-0.39, 0.29) is 10.9 Å². The molecule has 7 heteroatoms. The van der Waals surface area contributed by atoms with Gasteiger partial charge in [-0.3, -0.25) is 0 Å². The van der Waals surface area contributed by atoms with E-state index in [1.54, 1.807) is 0 Å². The Morgan fingerprint density at radius 3 is 2.94 bits per heavy atom. The van der Waals surface area contributed by atoms with Crippen LogP contribution in [0, 0.1) is 0 Å². The van der Waals surface area contributed by atoms with Gasteiger partial charge in [0, 0.05) is 24.8 Å². The number of aromatic nitrogens is 1. The lowest BCUT2D eigenvalue weighted by atomic mass is 10.3. The highest BCUT2D eigenvalue weighted by Gasteiger charge is 2.32. The molecule has 0 radical (unpaired) electrons. The first kappa shape index (κ1) is 12.3. The lowest BCUT2D eigenvalue weighted by molar-refractivity contribution is 0.408. The van der Waals surface area contributed by atoms with E-state index in [1.165, 1.54) is 22.6 Å². The predicted octanol–water partition coefficient (Wildman–Crippen LogP) is 0.540. The fourth-order valence-electron chi connectivity index (χ4n) is 2.05. The minimum absolute atomic E-state index is 0.0578. The monoisotopic (exact) mass is 256 g/mol. The summed E-state index contributed by atoms with van der Waals surface area (Å²) in [7, 11) is -3.42. The van der Waals surface area contributed by atoms with E-state index in [9.17, 15) is 8.42 Å². The van der Waals surface area contributed by atoms with Crippen molar-refractivity contribution < 1.29 is 8.42 Å². The summed E-state index contributed by atoms with van der Waals surface area (Å²) in [5, 5.41) is 0. The Kier molecular flexibility index (Phi) is 3.32. The van der Waals surface area contributed by atoms with E-state index < -0.39 is 10.0 Å². The van der Waals surface area contributed by atoms with Crippen molar-refractivity contribution in [1.82, 2.24) is 9.29 Å². The lowest BCUT2D eigenvalue weighted by Gasteiger charge is -2.20. The number of rotatable bonds is 3. The van der Waals surface area contributed by atoms with Crippen molar-refractivity contribution in [3.8, 4) is 0 Å². The molecule has 0 bridgehead atoms. The molecule has 1 fully saturated rings.